The highest BCUT2D eigenvalue weighted by molar-refractivity contribution is 5.74. The molecule has 0 aliphatic heterocycles. The summed E-state index contributed by atoms with van der Waals surface area (Å²) < 4.78 is 5.67. The van der Waals surface area contributed by atoms with Crippen LogP contribution in [0.1, 0.15) is 203 Å². The number of allylic oxidation sites excluding steroid dienone is 8. The Morgan fingerprint density at radius 3 is 2.06 bits per heavy atom. The maximum atomic E-state index is 12.5. The van der Waals surface area contributed by atoms with Crippen molar-refractivity contribution in [3.63, 3.8) is 0 Å². The first-order valence-corrected chi connectivity index (χ1v) is 21.6. The highest BCUT2D eigenvalue weighted by atomic mass is 16.5. The zero-order valence-corrected chi connectivity index (χ0v) is 35.7. The molecular formula is C48H82O5. The van der Waals surface area contributed by atoms with Crippen molar-refractivity contribution in [3.8, 4) is 0 Å². The van der Waals surface area contributed by atoms with Crippen molar-refractivity contribution in [2.45, 2.75) is 215 Å². The van der Waals surface area contributed by atoms with Crippen LogP contribution in [0.2, 0.25) is 0 Å². The van der Waals surface area contributed by atoms with Gasteiger partial charge in [-0.25, -0.2) is 0 Å². The molecule has 0 radical (unpaired) electrons. The summed E-state index contributed by atoms with van der Waals surface area (Å²) in [5.74, 6) is -0.117. The van der Waals surface area contributed by atoms with Crippen molar-refractivity contribution < 1.29 is 24.5 Å². The number of hydrogen-bond donors (Lipinski definition) is 2. The van der Waals surface area contributed by atoms with E-state index in [0.717, 1.165) is 68.0 Å². The van der Waals surface area contributed by atoms with Gasteiger partial charge in [0, 0.05) is 11.8 Å². The van der Waals surface area contributed by atoms with Crippen molar-refractivity contribution in [2.75, 3.05) is 6.61 Å². The predicted molar refractivity (Wildman–Crippen MR) is 226 cm³/mol. The lowest BCUT2D eigenvalue weighted by Crippen LogP contribution is -2.52. The zero-order valence-electron chi connectivity index (χ0n) is 35.7. The summed E-state index contributed by atoms with van der Waals surface area (Å²) in [4.78, 5) is 24.5. The Labute approximate surface area is 326 Å². The number of carbonyl (C=O) groups excluding carboxylic acids is 2. The van der Waals surface area contributed by atoms with Crippen LogP contribution < -0.4 is 0 Å². The molecule has 4 atom stereocenters. The van der Waals surface area contributed by atoms with Crippen LogP contribution in [0.5, 0.6) is 0 Å². The molecular weight excluding hydrogens is 657 g/mol. The largest absolute Gasteiger partial charge is 0.466 e. The summed E-state index contributed by atoms with van der Waals surface area (Å²) in [6, 6.07) is 0. The quantitative estimate of drug-likeness (QED) is 0.0262. The second-order valence-electron chi connectivity index (χ2n) is 16.9. The van der Waals surface area contributed by atoms with E-state index in [4.69, 9.17) is 4.74 Å². The first-order chi connectivity index (χ1) is 25.3. The summed E-state index contributed by atoms with van der Waals surface area (Å²) in [6.07, 6.45) is 34.9. The van der Waals surface area contributed by atoms with Crippen LogP contribution in [-0.4, -0.2) is 40.8 Å². The Morgan fingerprint density at radius 1 is 0.811 bits per heavy atom. The molecule has 304 valence electrons. The number of aldehydes is 1. The van der Waals surface area contributed by atoms with E-state index >= 15 is 0 Å². The second kappa shape index (κ2) is 28.2. The molecule has 0 heterocycles. The number of aliphatic hydroxyl groups is 2. The molecule has 1 rings (SSSR count). The number of carbonyl (C=O) groups is 2. The van der Waals surface area contributed by atoms with Gasteiger partial charge >= 0.3 is 5.97 Å². The Morgan fingerprint density at radius 2 is 1.43 bits per heavy atom. The minimum atomic E-state index is -0.906. The highest BCUT2D eigenvalue weighted by Crippen LogP contribution is 2.55. The fourth-order valence-electron chi connectivity index (χ4n) is 7.89. The third kappa shape index (κ3) is 20.3. The van der Waals surface area contributed by atoms with Crippen LogP contribution in [0.3, 0.4) is 0 Å². The van der Waals surface area contributed by atoms with Crippen LogP contribution >= 0.6 is 0 Å². The molecule has 0 unspecified atom stereocenters. The van der Waals surface area contributed by atoms with Crippen LogP contribution in [-0.2, 0) is 14.3 Å². The lowest BCUT2D eigenvalue weighted by molar-refractivity contribution is -0.144. The van der Waals surface area contributed by atoms with Crippen LogP contribution in [0.25, 0.3) is 0 Å². The minimum absolute atomic E-state index is 0.00624. The smallest absolute Gasteiger partial charge is 0.305 e. The van der Waals surface area contributed by atoms with Crippen LogP contribution in [0, 0.1) is 11.3 Å². The first kappa shape index (κ1) is 48.8. The molecule has 1 saturated carbocycles. The van der Waals surface area contributed by atoms with Gasteiger partial charge in [-0.15, -0.1) is 0 Å². The Balaban J connectivity index is 2.56. The van der Waals surface area contributed by atoms with E-state index in [1.54, 1.807) is 0 Å². The molecule has 0 bridgehead atoms. The van der Waals surface area contributed by atoms with Crippen molar-refractivity contribution in [3.05, 3.63) is 58.2 Å². The molecule has 5 heteroatoms. The number of rotatable bonds is 29. The molecule has 53 heavy (non-hydrogen) atoms. The average Bonchev–Trinajstić information content (AvgIpc) is 3.11. The third-order valence-electron chi connectivity index (χ3n) is 12.0. The molecule has 1 aliphatic rings. The van der Waals surface area contributed by atoms with Gasteiger partial charge in [0.05, 0.1) is 18.3 Å². The van der Waals surface area contributed by atoms with Gasteiger partial charge in [-0.1, -0.05) is 112 Å². The van der Waals surface area contributed by atoms with Gasteiger partial charge in [0.1, 0.15) is 6.29 Å². The van der Waals surface area contributed by atoms with Crippen molar-refractivity contribution >= 4 is 12.3 Å². The second-order valence-corrected chi connectivity index (χ2v) is 16.9. The van der Waals surface area contributed by atoms with E-state index in [0.29, 0.717) is 38.7 Å². The van der Waals surface area contributed by atoms with Gasteiger partial charge in [0.25, 0.3) is 0 Å². The molecule has 5 nitrogen and oxygen atoms in total. The monoisotopic (exact) mass is 739 g/mol. The number of hydrogen-bond acceptors (Lipinski definition) is 5. The van der Waals surface area contributed by atoms with Gasteiger partial charge < -0.3 is 14.9 Å². The standard InChI is InChI=1S/C48H82O5/c1-9-10-11-12-13-14-15-16-17-18-19-20-21-22-23-31-46(51)53-37-26-30-44-43(42(6)38-49)34-36-48(8,52)47(44,7)35-25-29-41(5)45(50)33-32-40(4)28-24-27-39(2)3/h14-15,27,29,32,38,44-45,50,52H,9-13,16-26,28,30-31,33-37H2,1-8H3/b15-14-,40-32+,41-29+,43-42-/t44-,45+,47+,48-/m0/s1. The van der Waals surface area contributed by atoms with E-state index in [-0.39, 0.29) is 11.9 Å². The number of ether oxygens (including phenoxy) is 1. The van der Waals surface area contributed by atoms with E-state index < -0.39 is 17.1 Å². The lowest BCUT2D eigenvalue weighted by atomic mass is 9.54. The predicted octanol–water partition coefficient (Wildman–Crippen LogP) is 13.2. The lowest BCUT2D eigenvalue weighted by Gasteiger charge is -2.53. The maximum Gasteiger partial charge on any atom is 0.305 e. The molecule has 0 saturated heterocycles. The van der Waals surface area contributed by atoms with E-state index in [2.05, 4.69) is 65.0 Å². The van der Waals surface area contributed by atoms with Gasteiger partial charge in [0.2, 0.25) is 0 Å². The van der Waals surface area contributed by atoms with Gasteiger partial charge in [-0.3, -0.25) is 9.59 Å². The van der Waals surface area contributed by atoms with Crippen LogP contribution in [0.15, 0.2) is 58.2 Å². The van der Waals surface area contributed by atoms with Gasteiger partial charge in [-0.2, -0.15) is 0 Å². The normalized spacial score (nSPS) is 22.6. The third-order valence-corrected chi connectivity index (χ3v) is 12.0. The number of unbranched alkanes of at least 4 members (excludes halogenated alkanes) is 11. The van der Waals surface area contributed by atoms with E-state index in [9.17, 15) is 19.8 Å². The Hall–Kier alpha value is -2.24. The van der Waals surface area contributed by atoms with E-state index in [1.165, 1.54) is 81.8 Å². The average molecular weight is 739 g/mol. The van der Waals surface area contributed by atoms with Crippen molar-refractivity contribution in [2.24, 2.45) is 11.3 Å². The van der Waals surface area contributed by atoms with Crippen molar-refractivity contribution in [1.29, 1.82) is 0 Å². The molecule has 0 aromatic carbocycles. The van der Waals surface area contributed by atoms with Crippen LogP contribution in [0.4, 0.5) is 0 Å². The van der Waals surface area contributed by atoms with Gasteiger partial charge in [0.15, 0.2) is 0 Å². The molecule has 0 aromatic rings. The van der Waals surface area contributed by atoms with E-state index in [1.807, 2.05) is 20.8 Å². The van der Waals surface area contributed by atoms with Gasteiger partial charge in [-0.05, 0) is 148 Å². The summed E-state index contributed by atoms with van der Waals surface area (Å²) in [7, 11) is 0. The fourth-order valence-corrected chi connectivity index (χ4v) is 7.89. The minimum Gasteiger partial charge on any atom is -0.466 e. The Bertz CT molecular complexity index is 1180. The molecule has 0 spiro atoms. The summed E-state index contributed by atoms with van der Waals surface area (Å²) >= 11 is 0. The topological polar surface area (TPSA) is 83.8 Å². The fraction of sp³-hybridized carbons (Fsp3) is 0.750. The van der Waals surface area contributed by atoms with Crippen molar-refractivity contribution in [1.82, 2.24) is 0 Å². The summed E-state index contributed by atoms with van der Waals surface area (Å²) in [6.45, 7) is 17.0. The summed E-state index contributed by atoms with van der Waals surface area (Å²) in [5.41, 5.74) is 4.09. The molecule has 0 aromatic heterocycles. The zero-order chi connectivity index (χ0) is 39.5. The number of esters is 1. The first-order valence-electron chi connectivity index (χ1n) is 21.6. The SMILES string of the molecule is CCCCCC/C=C\CCCCCCCCCC(=O)OCCC[C@H]1/C(=C(/C)C=O)CC[C@](C)(O)[C@]1(C)CC/C=C(\C)[C@H](O)C/C=C(\C)CCC=C(C)C. The molecule has 0 amide bonds. The Kier molecular flexibility index (Phi) is 26.0. The molecule has 2 N–H and O–H groups in total. The summed E-state index contributed by atoms with van der Waals surface area (Å²) in [5, 5.41) is 22.7. The molecule has 1 aliphatic carbocycles. The highest BCUT2D eigenvalue weighted by Gasteiger charge is 2.52. The molecule has 1 fully saturated rings. The maximum absolute atomic E-state index is 12.5. The number of aliphatic hydroxyl groups excluding tert-OH is 1.